The van der Waals surface area contributed by atoms with E-state index in [4.69, 9.17) is 16.1 Å². The van der Waals surface area contributed by atoms with Crippen molar-refractivity contribution in [2.24, 2.45) is 0 Å². The molecular weight excluding hydrogens is 262 g/mol. The van der Waals surface area contributed by atoms with Crippen LogP contribution in [0.3, 0.4) is 0 Å². The Balaban J connectivity index is 2.07. The third kappa shape index (κ3) is 3.33. The van der Waals surface area contributed by atoms with Gasteiger partial charge in [-0.05, 0) is 25.6 Å². The van der Waals surface area contributed by atoms with Crippen molar-refractivity contribution >= 4 is 11.6 Å². The monoisotopic (exact) mass is 279 g/mol. The average molecular weight is 280 g/mol. The Kier molecular flexibility index (Phi) is 4.56. The van der Waals surface area contributed by atoms with Gasteiger partial charge in [-0.25, -0.2) is 0 Å². The first-order valence-corrected chi connectivity index (χ1v) is 6.75. The summed E-state index contributed by atoms with van der Waals surface area (Å²) in [5.41, 5.74) is 1.10. The molecule has 0 fully saturated rings. The number of benzene rings is 1. The summed E-state index contributed by atoms with van der Waals surface area (Å²) in [5, 5.41) is 4.68. The molecule has 0 aliphatic carbocycles. The predicted octanol–water partition coefficient (Wildman–Crippen LogP) is 3.48. The molecule has 0 unspecified atom stereocenters. The molecule has 0 aliphatic rings. The number of aromatic nitrogens is 2. The molecule has 1 aromatic carbocycles. The molecule has 2 rings (SSSR count). The zero-order chi connectivity index (χ0) is 13.8. The maximum atomic E-state index is 6.21. The summed E-state index contributed by atoms with van der Waals surface area (Å²) in [6, 6.07) is 8.06. The lowest BCUT2D eigenvalue weighted by Gasteiger charge is -2.24. The quantitative estimate of drug-likeness (QED) is 0.840. The zero-order valence-electron chi connectivity index (χ0n) is 11.4. The summed E-state index contributed by atoms with van der Waals surface area (Å²) in [6.45, 7) is 4.72. The number of hydrogen-bond acceptors (Lipinski definition) is 4. The fraction of sp³-hybridized carbons (Fsp3) is 0.429. The van der Waals surface area contributed by atoms with E-state index in [0.717, 1.165) is 22.8 Å². The fourth-order valence-electron chi connectivity index (χ4n) is 1.90. The Hall–Kier alpha value is -1.39. The number of hydrogen-bond donors (Lipinski definition) is 0. The number of rotatable bonds is 5. The van der Waals surface area contributed by atoms with Crippen molar-refractivity contribution < 1.29 is 4.52 Å². The second-order valence-corrected chi connectivity index (χ2v) is 4.98. The molecule has 19 heavy (non-hydrogen) atoms. The second kappa shape index (κ2) is 6.17. The molecule has 0 radical (unpaired) electrons. The molecule has 1 aromatic heterocycles. The standard InChI is InChI=1S/C14H18ClN3O/c1-4-13-16-14(19-17-13)9-18(3)10(2)11-7-5-6-8-12(11)15/h5-8,10H,4,9H2,1-3H3/t10-/m0/s1. The lowest BCUT2D eigenvalue weighted by molar-refractivity contribution is 0.216. The Morgan fingerprint density at radius 3 is 2.74 bits per heavy atom. The first-order chi connectivity index (χ1) is 9.11. The van der Waals surface area contributed by atoms with E-state index in [0.29, 0.717) is 12.4 Å². The van der Waals surface area contributed by atoms with Gasteiger partial charge in [0.05, 0.1) is 6.54 Å². The van der Waals surface area contributed by atoms with Crippen LogP contribution >= 0.6 is 11.6 Å². The van der Waals surface area contributed by atoms with E-state index in [1.165, 1.54) is 0 Å². The van der Waals surface area contributed by atoms with Gasteiger partial charge in [-0.1, -0.05) is 41.9 Å². The largest absolute Gasteiger partial charge is 0.338 e. The Morgan fingerprint density at radius 2 is 2.11 bits per heavy atom. The van der Waals surface area contributed by atoms with Crippen LogP contribution in [0.15, 0.2) is 28.8 Å². The third-order valence-electron chi connectivity index (χ3n) is 3.23. The van der Waals surface area contributed by atoms with Gasteiger partial charge in [0.25, 0.3) is 0 Å². The lowest BCUT2D eigenvalue weighted by Crippen LogP contribution is -2.22. The second-order valence-electron chi connectivity index (χ2n) is 4.57. The summed E-state index contributed by atoms with van der Waals surface area (Å²) in [7, 11) is 2.02. The SMILES string of the molecule is CCc1noc(CN(C)[C@@H](C)c2ccccc2Cl)n1. The van der Waals surface area contributed by atoms with E-state index in [1.807, 2.05) is 38.2 Å². The fourth-order valence-corrected chi connectivity index (χ4v) is 2.19. The predicted molar refractivity (Wildman–Crippen MR) is 75.0 cm³/mol. The molecule has 0 N–H and O–H groups in total. The van der Waals surface area contributed by atoms with Gasteiger partial charge in [-0.15, -0.1) is 0 Å². The highest BCUT2D eigenvalue weighted by Gasteiger charge is 2.17. The summed E-state index contributed by atoms with van der Waals surface area (Å²) in [5.74, 6) is 1.38. The number of halogens is 1. The lowest BCUT2D eigenvalue weighted by atomic mass is 10.1. The molecule has 1 heterocycles. The average Bonchev–Trinajstić information content (AvgIpc) is 2.86. The molecule has 0 spiro atoms. The Labute approximate surface area is 118 Å². The van der Waals surface area contributed by atoms with Crippen LogP contribution in [0.2, 0.25) is 5.02 Å². The maximum Gasteiger partial charge on any atom is 0.240 e. The summed E-state index contributed by atoms with van der Waals surface area (Å²) in [4.78, 5) is 6.45. The van der Waals surface area contributed by atoms with Crippen LogP contribution in [0.25, 0.3) is 0 Å². The van der Waals surface area contributed by atoms with Crippen molar-refractivity contribution in [3.05, 3.63) is 46.6 Å². The van der Waals surface area contributed by atoms with E-state index < -0.39 is 0 Å². The van der Waals surface area contributed by atoms with Gasteiger partial charge in [0, 0.05) is 17.5 Å². The van der Waals surface area contributed by atoms with Gasteiger partial charge in [0.15, 0.2) is 5.82 Å². The van der Waals surface area contributed by atoms with Crippen LogP contribution < -0.4 is 0 Å². The van der Waals surface area contributed by atoms with Crippen molar-refractivity contribution in [3.8, 4) is 0 Å². The van der Waals surface area contributed by atoms with Crippen LogP contribution in [0.1, 0.15) is 37.2 Å². The Morgan fingerprint density at radius 1 is 1.37 bits per heavy atom. The van der Waals surface area contributed by atoms with Crippen LogP contribution in [0, 0.1) is 0 Å². The number of nitrogens with zero attached hydrogens (tertiary/aromatic N) is 3. The van der Waals surface area contributed by atoms with Crippen molar-refractivity contribution in [1.29, 1.82) is 0 Å². The van der Waals surface area contributed by atoms with Crippen molar-refractivity contribution in [3.63, 3.8) is 0 Å². The molecule has 0 aliphatic heterocycles. The smallest absolute Gasteiger partial charge is 0.240 e. The summed E-state index contributed by atoms with van der Waals surface area (Å²) in [6.07, 6.45) is 0.785. The van der Waals surface area contributed by atoms with E-state index in [9.17, 15) is 0 Å². The van der Waals surface area contributed by atoms with Gasteiger partial charge >= 0.3 is 0 Å². The highest BCUT2D eigenvalue weighted by atomic mass is 35.5. The molecule has 0 saturated heterocycles. The first-order valence-electron chi connectivity index (χ1n) is 6.38. The summed E-state index contributed by atoms with van der Waals surface area (Å²) < 4.78 is 5.21. The zero-order valence-corrected chi connectivity index (χ0v) is 12.2. The van der Waals surface area contributed by atoms with E-state index >= 15 is 0 Å². The highest BCUT2D eigenvalue weighted by Crippen LogP contribution is 2.26. The van der Waals surface area contributed by atoms with Crippen LogP contribution in [0.4, 0.5) is 0 Å². The van der Waals surface area contributed by atoms with Gasteiger partial charge < -0.3 is 4.52 Å². The Bertz CT molecular complexity index is 541. The maximum absolute atomic E-state index is 6.21. The minimum Gasteiger partial charge on any atom is -0.338 e. The van der Waals surface area contributed by atoms with Crippen molar-refractivity contribution in [1.82, 2.24) is 15.0 Å². The minimum absolute atomic E-state index is 0.186. The number of aryl methyl sites for hydroxylation is 1. The van der Waals surface area contributed by atoms with E-state index in [-0.39, 0.29) is 6.04 Å². The first kappa shape index (κ1) is 14.0. The molecule has 0 amide bonds. The molecule has 0 bridgehead atoms. The van der Waals surface area contributed by atoms with Crippen LogP contribution in [-0.4, -0.2) is 22.1 Å². The highest BCUT2D eigenvalue weighted by molar-refractivity contribution is 6.31. The molecule has 0 saturated carbocycles. The minimum atomic E-state index is 0.186. The molecule has 4 nitrogen and oxygen atoms in total. The summed E-state index contributed by atoms with van der Waals surface area (Å²) >= 11 is 6.21. The third-order valence-corrected chi connectivity index (χ3v) is 3.57. The molecule has 5 heteroatoms. The molecular formula is C14H18ClN3O. The van der Waals surface area contributed by atoms with Gasteiger partial charge in [0.1, 0.15) is 0 Å². The van der Waals surface area contributed by atoms with E-state index in [2.05, 4.69) is 22.0 Å². The van der Waals surface area contributed by atoms with Crippen LogP contribution in [-0.2, 0) is 13.0 Å². The van der Waals surface area contributed by atoms with Gasteiger partial charge in [-0.3, -0.25) is 4.90 Å². The van der Waals surface area contributed by atoms with Crippen molar-refractivity contribution in [2.75, 3.05) is 7.05 Å². The molecule has 1 atom stereocenters. The van der Waals surface area contributed by atoms with E-state index in [1.54, 1.807) is 0 Å². The van der Waals surface area contributed by atoms with Crippen molar-refractivity contribution in [2.45, 2.75) is 32.9 Å². The topological polar surface area (TPSA) is 42.2 Å². The van der Waals surface area contributed by atoms with Gasteiger partial charge in [0.2, 0.25) is 5.89 Å². The molecule has 2 aromatic rings. The normalized spacial score (nSPS) is 12.9. The molecule has 102 valence electrons. The van der Waals surface area contributed by atoms with Gasteiger partial charge in [-0.2, -0.15) is 4.98 Å². The van der Waals surface area contributed by atoms with Crippen LogP contribution in [0.5, 0.6) is 0 Å².